The Bertz CT molecular complexity index is 3380. The summed E-state index contributed by atoms with van der Waals surface area (Å²) in [5, 5.41) is 14.6. The first-order valence-electron chi connectivity index (χ1n) is 18.7. The molecule has 0 unspecified atom stereocenters. The molecule has 256 valence electrons. The molecule has 0 fully saturated rings. The molecule has 0 saturated carbocycles. The fourth-order valence-corrected chi connectivity index (χ4v) is 8.87. The lowest BCUT2D eigenvalue weighted by molar-refractivity contribution is 0.669. The van der Waals surface area contributed by atoms with Crippen LogP contribution in [0.5, 0.6) is 0 Å². The van der Waals surface area contributed by atoms with Gasteiger partial charge in [0.25, 0.3) is 0 Å². The quantitative estimate of drug-likeness (QED) is 0.171. The van der Waals surface area contributed by atoms with Gasteiger partial charge in [0.15, 0.2) is 0 Å². The molecule has 12 rings (SSSR count). The van der Waals surface area contributed by atoms with Gasteiger partial charge in [0.1, 0.15) is 22.3 Å². The van der Waals surface area contributed by atoms with Crippen molar-refractivity contribution in [3.8, 4) is 11.1 Å². The third kappa shape index (κ3) is 4.57. The van der Waals surface area contributed by atoms with E-state index in [0.717, 1.165) is 60.9 Å². The number of fused-ring (bicyclic) bond motifs is 13. The average molecular weight is 702 g/mol. The van der Waals surface area contributed by atoms with Crippen molar-refractivity contribution in [3.63, 3.8) is 0 Å². The smallest absolute Gasteiger partial charge is 0.137 e. The maximum absolute atomic E-state index is 6.39. The molecule has 0 spiro atoms. The largest absolute Gasteiger partial charge is 0.456 e. The lowest BCUT2D eigenvalue weighted by atomic mass is 9.88. The van der Waals surface area contributed by atoms with Crippen LogP contribution >= 0.6 is 0 Å². The predicted molar refractivity (Wildman–Crippen MR) is 231 cm³/mol. The Morgan fingerprint density at radius 2 is 0.745 bits per heavy atom. The molecular weight excluding hydrogens is 671 g/mol. The number of para-hydroxylation sites is 2. The van der Waals surface area contributed by atoms with Gasteiger partial charge in [0.2, 0.25) is 0 Å². The highest BCUT2D eigenvalue weighted by Crippen LogP contribution is 2.44. The third-order valence-corrected chi connectivity index (χ3v) is 11.4. The molecule has 0 N–H and O–H groups in total. The van der Waals surface area contributed by atoms with Crippen molar-refractivity contribution >= 4 is 104 Å². The van der Waals surface area contributed by atoms with Gasteiger partial charge in [-0.1, -0.05) is 121 Å². The summed E-state index contributed by atoms with van der Waals surface area (Å²) in [6, 6.07) is 67.4. The van der Waals surface area contributed by atoms with Crippen molar-refractivity contribution < 1.29 is 8.83 Å². The highest BCUT2D eigenvalue weighted by atomic mass is 16.3. The summed E-state index contributed by atoms with van der Waals surface area (Å²) in [6.45, 7) is 0. The van der Waals surface area contributed by atoms with Gasteiger partial charge in [-0.05, 0) is 109 Å². The first-order chi connectivity index (χ1) is 27.2. The maximum atomic E-state index is 6.39. The lowest BCUT2D eigenvalue weighted by Crippen LogP contribution is -2.09. The van der Waals surface area contributed by atoms with Gasteiger partial charge in [-0.3, -0.25) is 0 Å². The van der Waals surface area contributed by atoms with Crippen LogP contribution in [0.4, 0.5) is 17.1 Å². The van der Waals surface area contributed by atoms with E-state index in [4.69, 9.17) is 8.83 Å². The Balaban J connectivity index is 1.06. The average Bonchev–Trinajstić information content (AvgIpc) is 3.81. The fourth-order valence-electron chi connectivity index (χ4n) is 8.87. The van der Waals surface area contributed by atoms with E-state index < -0.39 is 0 Å². The number of hydrogen-bond donors (Lipinski definition) is 0. The topological polar surface area (TPSA) is 29.5 Å². The van der Waals surface area contributed by atoms with Crippen molar-refractivity contribution in [2.75, 3.05) is 4.90 Å². The first-order valence-corrected chi connectivity index (χ1v) is 18.7. The third-order valence-electron chi connectivity index (χ3n) is 11.4. The lowest BCUT2D eigenvalue weighted by Gasteiger charge is -2.26. The van der Waals surface area contributed by atoms with E-state index in [-0.39, 0.29) is 0 Å². The van der Waals surface area contributed by atoms with E-state index in [9.17, 15) is 0 Å². The summed E-state index contributed by atoms with van der Waals surface area (Å²) in [5.41, 5.74) is 8.91. The van der Waals surface area contributed by atoms with Crippen LogP contribution in [-0.2, 0) is 0 Å². The Hall–Kier alpha value is -7.36. The summed E-state index contributed by atoms with van der Waals surface area (Å²) in [7, 11) is 0. The predicted octanol–water partition coefficient (Wildman–Crippen LogP) is 15.2. The molecule has 10 aromatic carbocycles. The van der Waals surface area contributed by atoms with Crippen molar-refractivity contribution in [1.29, 1.82) is 0 Å². The molecule has 0 amide bonds. The number of nitrogens with zero attached hydrogens (tertiary/aromatic N) is 1. The van der Waals surface area contributed by atoms with Gasteiger partial charge in [-0.2, -0.15) is 0 Å². The Labute approximate surface area is 315 Å². The standard InChI is InChI=1S/C52H31NO2/c1-3-11-39-32(9-1)17-18-35-29-46(45-26-21-33-10-2-4-12-40(33)52(45)51(35)39)34-19-22-36(23-20-34)53(37-24-27-43-41-13-5-7-15-47(41)54-49(43)30-37)38-25-28-44-42-14-6-8-16-48(42)55-50(44)31-38/h1-31H. The van der Waals surface area contributed by atoms with E-state index in [1.54, 1.807) is 0 Å². The van der Waals surface area contributed by atoms with E-state index in [0.29, 0.717) is 0 Å². The van der Waals surface area contributed by atoms with Crippen LogP contribution in [0, 0.1) is 0 Å². The number of benzene rings is 10. The molecule has 0 aliphatic rings. The van der Waals surface area contributed by atoms with Crippen LogP contribution in [0.1, 0.15) is 0 Å². The SMILES string of the molecule is c1ccc2c(c1)ccc1cc(-c3ccc(N(c4ccc5c(c4)oc4ccccc45)c4ccc5c(c4)oc4ccccc45)cc3)c3ccc4ccccc4c3c12. The summed E-state index contributed by atoms with van der Waals surface area (Å²) in [6.07, 6.45) is 0. The van der Waals surface area contributed by atoms with Gasteiger partial charge in [0.05, 0.1) is 0 Å². The second-order valence-electron chi connectivity index (χ2n) is 14.5. The fraction of sp³-hybridized carbons (Fsp3) is 0. The molecule has 0 saturated heterocycles. The molecule has 3 heteroatoms. The molecule has 0 radical (unpaired) electrons. The minimum absolute atomic E-state index is 0.854. The summed E-state index contributed by atoms with van der Waals surface area (Å²) >= 11 is 0. The molecule has 2 aromatic heterocycles. The maximum Gasteiger partial charge on any atom is 0.137 e. The molecule has 55 heavy (non-hydrogen) atoms. The zero-order chi connectivity index (χ0) is 36.0. The van der Waals surface area contributed by atoms with Crippen LogP contribution < -0.4 is 4.90 Å². The molecule has 3 nitrogen and oxygen atoms in total. The molecule has 0 aliphatic heterocycles. The Kier molecular flexibility index (Phi) is 6.34. The Morgan fingerprint density at radius 1 is 0.291 bits per heavy atom. The molecule has 2 heterocycles. The van der Waals surface area contributed by atoms with E-state index in [2.05, 4.69) is 169 Å². The van der Waals surface area contributed by atoms with Gasteiger partial charge in [-0.25, -0.2) is 0 Å². The van der Waals surface area contributed by atoms with Gasteiger partial charge in [-0.15, -0.1) is 0 Å². The first kappa shape index (κ1) is 30.1. The zero-order valence-electron chi connectivity index (χ0n) is 29.7. The summed E-state index contributed by atoms with van der Waals surface area (Å²) in [5.74, 6) is 0. The zero-order valence-corrected chi connectivity index (χ0v) is 29.7. The number of rotatable bonds is 4. The van der Waals surface area contributed by atoms with Gasteiger partial charge < -0.3 is 13.7 Å². The van der Waals surface area contributed by atoms with Crippen molar-refractivity contribution in [2.24, 2.45) is 0 Å². The van der Waals surface area contributed by atoms with Gasteiger partial charge in [0, 0.05) is 50.7 Å². The molecule has 0 atom stereocenters. The second-order valence-corrected chi connectivity index (χ2v) is 14.5. The Morgan fingerprint density at radius 3 is 1.36 bits per heavy atom. The highest BCUT2D eigenvalue weighted by Gasteiger charge is 2.19. The van der Waals surface area contributed by atoms with Crippen molar-refractivity contribution in [2.45, 2.75) is 0 Å². The van der Waals surface area contributed by atoms with E-state index in [1.807, 2.05) is 24.3 Å². The minimum atomic E-state index is 0.854. The van der Waals surface area contributed by atoms with Crippen LogP contribution in [0.15, 0.2) is 197 Å². The van der Waals surface area contributed by atoms with Crippen molar-refractivity contribution in [3.05, 3.63) is 188 Å². The number of furan rings is 2. The van der Waals surface area contributed by atoms with Crippen LogP contribution in [0.25, 0.3) is 98.1 Å². The number of anilines is 3. The minimum Gasteiger partial charge on any atom is -0.456 e. The molecular formula is C52H31NO2. The molecule has 0 aliphatic carbocycles. The molecule has 0 bridgehead atoms. The van der Waals surface area contributed by atoms with E-state index in [1.165, 1.54) is 54.2 Å². The van der Waals surface area contributed by atoms with E-state index >= 15 is 0 Å². The van der Waals surface area contributed by atoms with Crippen molar-refractivity contribution in [1.82, 2.24) is 0 Å². The van der Waals surface area contributed by atoms with Crippen LogP contribution in [0.3, 0.4) is 0 Å². The monoisotopic (exact) mass is 701 g/mol. The van der Waals surface area contributed by atoms with Crippen LogP contribution in [0.2, 0.25) is 0 Å². The number of hydrogen-bond acceptors (Lipinski definition) is 3. The summed E-state index contributed by atoms with van der Waals surface area (Å²) < 4.78 is 12.8. The summed E-state index contributed by atoms with van der Waals surface area (Å²) in [4.78, 5) is 2.29. The molecule has 12 aromatic rings. The normalized spacial score (nSPS) is 12.0. The second kappa shape index (κ2) is 11.6. The highest BCUT2D eigenvalue weighted by molar-refractivity contribution is 6.30. The van der Waals surface area contributed by atoms with Gasteiger partial charge >= 0.3 is 0 Å². The van der Waals surface area contributed by atoms with Crippen LogP contribution in [-0.4, -0.2) is 0 Å².